The molecular weight excluding hydrogens is 822 g/mol. The lowest BCUT2D eigenvalue weighted by atomic mass is 9.93. The fourth-order valence-corrected chi connectivity index (χ4v) is 9.54. The summed E-state index contributed by atoms with van der Waals surface area (Å²) in [6.07, 6.45) is -4.73. The van der Waals surface area contributed by atoms with Crippen LogP contribution in [0.1, 0.15) is 27.8 Å². The second-order valence-electron chi connectivity index (χ2n) is 16.8. The Hall–Kier alpha value is -8.65. The maximum Gasteiger partial charge on any atom is 0.417 e. The number of alkyl halides is 3. The minimum Gasteiger partial charge on any atom is -0.309 e. The molecule has 0 bridgehead atoms. The van der Waals surface area contributed by atoms with E-state index in [9.17, 15) is 23.7 Å². The highest BCUT2D eigenvalue weighted by molar-refractivity contribution is 6.13. The number of aryl methyl sites for hydroxylation is 2. The number of para-hydroxylation sites is 2. The molecule has 0 radical (unpaired) electrons. The van der Waals surface area contributed by atoms with Crippen LogP contribution >= 0.6 is 0 Å². The Balaban J connectivity index is 1.22. The van der Waals surface area contributed by atoms with Crippen molar-refractivity contribution in [2.75, 3.05) is 0 Å². The third kappa shape index (κ3) is 6.69. The van der Waals surface area contributed by atoms with E-state index in [0.29, 0.717) is 16.8 Å². The Bertz CT molecular complexity index is 3840. The van der Waals surface area contributed by atoms with Gasteiger partial charge in [0, 0.05) is 32.7 Å². The van der Waals surface area contributed by atoms with Gasteiger partial charge in [-0.1, -0.05) is 132 Å². The number of hydrogen-bond donors (Lipinski definition) is 0. The number of hydrogen-bond acceptors (Lipinski definition) is 2. The summed E-state index contributed by atoms with van der Waals surface area (Å²) in [6, 6.07) is 65.0. The third-order valence-corrected chi connectivity index (χ3v) is 12.8. The van der Waals surface area contributed by atoms with Crippen molar-refractivity contribution in [3.8, 4) is 68.0 Å². The van der Waals surface area contributed by atoms with Crippen LogP contribution in [0.5, 0.6) is 0 Å². The Kier molecular flexibility index (Phi) is 9.46. The van der Waals surface area contributed by atoms with Crippen molar-refractivity contribution in [2.24, 2.45) is 0 Å². The van der Waals surface area contributed by atoms with Gasteiger partial charge in [-0.25, -0.2) is 0 Å². The number of rotatable bonds is 6. The maximum absolute atomic E-state index is 14.9. The van der Waals surface area contributed by atoms with Crippen LogP contribution in [0.4, 0.5) is 13.2 Å². The van der Waals surface area contributed by atoms with Gasteiger partial charge >= 0.3 is 6.18 Å². The highest BCUT2D eigenvalue weighted by Crippen LogP contribution is 2.45. The molecule has 0 spiro atoms. The standard InChI is InChI=1S/C59H37F3N4/c1-36-11-17-40(18-12-36)42-22-27-55-50(31-42)46-7-3-5-9-53(46)65(55)57-30-39(35-64)16-25-48(57)49-26-21-44(45-24-15-38(34-63)29-52(45)59(60,61)62)33-58(49)66-54-10-6-4-8-47(54)51-32-43(23-28-56(51)66)41-19-13-37(2)14-20-41/h3-33H,1-2H3. The summed E-state index contributed by atoms with van der Waals surface area (Å²) >= 11 is 0. The van der Waals surface area contributed by atoms with E-state index in [4.69, 9.17) is 0 Å². The molecule has 0 unspecified atom stereocenters. The summed E-state index contributed by atoms with van der Waals surface area (Å²) < 4.78 is 49.1. The summed E-state index contributed by atoms with van der Waals surface area (Å²) in [5, 5.41) is 24.1. The second kappa shape index (κ2) is 15.6. The molecular formula is C59H37F3N4. The first-order valence-corrected chi connectivity index (χ1v) is 21.6. The molecule has 0 saturated heterocycles. The number of nitriles is 2. The molecule has 0 saturated carbocycles. The first kappa shape index (κ1) is 40.1. The van der Waals surface area contributed by atoms with Gasteiger partial charge in [0.1, 0.15) is 0 Å². The van der Waals surface area contributed by atoms with Crippen molar-refractivity contribution in [3.05, 3.63) is 216 Å². The van der Waals surface area contributed by atoms with Gasteiger partial charge in [-0.05, 0) is 114 Å². The fourth-order valence-electron chi connectivity index (χ4n) is 9.54. The third-order valence-electron chi connectivity index (χ3n) is 12.8. The van der Waals surface area contributed by atoms with E-state index in [1.54, 1.807) is 12.1 Å². The molecule has 2 heterocycles. The average molecular weight is 859 g/mol. The number of nitrogens with zero attached hydrogens (tertiary/aromatic N) is 4. The van der Waals surface area contributed by atoms with Gasteiger partial charge in [-0.15, -0.1) is 0 Å². The first-order chi connectivity index (χ1) is 32.1. The highest BCUT2D eigenvalue weighted by atomic mass is 19.4. The van der Waals surface area contributed by atoms with Gasteiger partial charge in [0.15, 0.2) is 0 Å². The highest BCUT2D eigenvalue weighted by Gasteiger charge is 2.34. The van der Waals surface area contributed by atoms with Crippen molar-refractivity contribution in [1.82, 2.24) is 9.13 Å². The summed E-state index contributed by atoms with van der Waals surface area (Å²) in [6.45, 7) is 4.13. The minimum atomic E-state index is -4.73. The van der Waals surface area contributed by atoms with Crippen LogP contribution in [0.15, 0.2) is 188 Å². The molecule has 2 aromatic heterocycles. The van der Waals surface area contributed by atoms with Crippen LogP contribution in [0, 0.1) is 36.5 Å². The zero-order valence-corrected chi connectivity index (χ0v) is 35.8. The van der Waals surface area contributed by atoms with Crippen LogP contribution in [-0.4, -0.2) is 9.13 Å². The average Bonchev–Trinajstić information content (AvgIpc) is 3.85. The molecule has 0 amide bonds. The summed E-state index contributed by atoms with van der Waals surface area (Å²) in [7, 11) is 0. The van der Waals surface area contributed by atoms with E-state index in [1.165, 1.54) is 17.7 Å². The van der Waals surface area contributed by atoms with Crippen LogP contribution in [0.25, 0.3) is 99.5 Å². The Morgan fingerprint density at radius 3 is 1.29 bits per heavy atom. The van der Waals surface area contributed by atoms with Gasteiger partial charge in [0.25, 0.3) is 0 Å². The minimum absolute atomic E-state index is 0.0384. The van der Waals surface area contributed by atoms with Crippen molar-refractivity contribution in [1.29, 1.82) is 10.5 Å². The van der Waals surface area contributed by atoms with Crippen molar-refractivity contribution < 1.29 is 13.2 Å². The van der Waals surface area contributed by atoms with E-state index in [-0.39, 0.29) is 11.1 Å². The van der Waals surface area contributed by atoms with Gasteiger partial charge in [0.05, 0.1) is 62.3 Å². The summed E-state index contributed by atoms with van der Waals surface area (Å²) in [5.41, 5.74) is 13.0. The van der Waals surface area contributed by atoms with Crippen LogP contribution < -0.4 is 0 Å². The lowest BCUT2D eigenvalue weighted by molar-refractivity contribution is -0.137. The molecule has 66 heavy (non-hydrogen) atoms. The second-order valence-corrected chi connectivity index (χ2v) is 16.8. The van der Waals surface area contributed by atoms with Crippen molar-refractivity contribution in [3.63, 3.8) is 0 Å². The van der Waals surface area contributed by atoms with Gasteiger partial charge in [-0.2, -0.15) is 23.7 Å². The van der Waals surface area contributed by atoms with E-state index in [2.05, 4.69) is 132 Å². The summed E-state index contributed by atoms with van der Waals surface area (Å²) in [4.78, 5) is 0. The number of aromatic nitrogens is 2. The van der Waals surface area contributed by atoms with Gasteiger partial charge in [-0.3, -0.25) is 0 Å². The molecule has 0 aliphatic rings. The zero-order chi connectivity index (χ0) is 45.3. The monoisotopic (exact) mass is 858 g/mol. The van der Waals surface area contributed by atoms with E-state index in [1.807, 2.05) is 60.7 Å². The Labute approximate surface area is 378 Å². The molecule has 0 fully saturated rings. The number of halogens is 3. The van der Waals surface area contributed by atoms with E-state index < -0.39 is 11.7 Å². The van der Waals surface area contributed by atoms with Gasteiger partial charge < -0.3 is 9.13 Å². The molecule has 314 valence electrons. The van der Waals surface area contributed by atoms with Gasteiger partial charge in [0.2, 0.25) is 0 Å². The SMILES string of the molecule is Cc1ccc(-c2ccc3c(c2)c2ccccc2n3-c2cc(C#N)ccc2-c2ccc(-c3ccc(C#N)cc3C(F)(F)F)cc2-n2c3ccccc3c3cc(-c4ccc(C)cc4)ccc32)cc1. The molecule has 11 rings (SSSR count). The first-order valence-electron chi connectivity index (χ1n) is 21.6. The van der Waals surface area contributed by atoms with Crippen LogP contribution in [0.2, 0.25) is 0 Å². The zero-order valence-electron chi connectivity index (χ0n) is 35.8. The lowest BCUT2D eigenvalue weighted by Gasteiger charge is -2.21. The molecule has 7 heteroatoms. The van der Waals surface area contributed by atoms with Crippen molar-refractivity contribution in [2.45, 2.75) is 20.0 Å². The molecule has 4 nitrogen and oxygen atoms in total. The summed E-state index contributed by atoms with van der Waals surface area (Å²) in [5.74, 6) is 0. The molecule has 11 aromatic rings. The van der Waals surface area contributed by atoms with E-state index >= 15 is 0 Å². The van der Waals surface area contributed by atoms with Crippen LogP contribution in [0.3, 0.4) is 0 Å². The molecule has 0 atom stereocenters. The largest absolute Gasteiger partial charge is 0.417 e. The van der Waals surface area contributed by atoms with E-state index in [0.717, 1.165) is 94.3 Å². The fraction of sp³-hybridized carbons (Fsp3) is 0.0508. The molecule has 0 aliphatic heterocycles. The Morgan fingerprint density at radius 1 is 0.379 bits per heavy atom. The van der Waals surface area contributed by atoms with Crippen LogP contribution in [-0.2, 0) is 6.18 Å². The molecule has 0 aliphatic carbocycles. The smallest absolute Gasteiger partial charge is 0.309 e. The number of benzene rings is 9. The Morgan fingerprint density at radius 2 is 0.788 bits per heavy atom. The number of fused-ring (bicyclic) bond motifs is 6. The van der Waals surface area contributed by atoms with Crippen molar-refractivity contribution >= 4 is 43.6 Å². The predicted molar refractivity (Wildman–Crippen MR) is 261 cm³/mol. The topological polar surface area (TPSA) is 57.4 Å². The quantitative estimate of drug-likeness (QED) is 0.167. The normalized spacial score (nSPS) is 11.7. The lowest BCUT2D eigenvalue weighted by Crippen LogP contribution is -2.08. The molecule has 9 aromatic carbocycles. The maximum atomic E-state index is 14.9. The molecule has 0 N–H and O–H groups in total. The predicted octanol–water partition coefficient (Wildman–Crippen LogP) is 15.9.